The quantitative estimate of drug-likeness (QED) is 0.703. The molecular formula is C19H16FN5O2S. The van der Waals surface area contributed by atoms with Crippen LogP contribution >= 0.6 is 11.3 Å². The van der Waals surface area contributed by atoms with Gasteiger partial charge in [-0.2, -0.15) is 0 Å². The number of nitrogens with zero attached hydrogens (tertiary/aromatic N) is 4. The van der Waals surface area contributed by atoms with Gasteiger partial charge in [-0.1, -0.05) is 12.1 Å². The van der Waals surface area contributed by atoms with Crippen molar-refractivity contribution in [1.29, 1.82) is 0 Å². The third-order valence-electron chi connectivity index (χ3n) is 4.67. The van der Waals surface area contributed by atoms with E-state index in [2.05, 4.69) is 15.0 Å². The minimum atomic E-state index is -1.56. The number of amides is 1. The lowest BCUT2D eigenvalue weighted by Crippen LogP contribution is -2.41. The maximum absolute atomic E-state index is 13.2. The molecule has 3 heterocycles. The summed E-state index contributed by atoms with van der Waals surface area (Å²) >= 11 is 1.35. The van der Waals surface area contributed by atoms with Crippen LogP contribution in [0.3, 0.4) is 0 Å². The first-order valence-electron chi connectivity index (χ1n) is 8.35. The largest absolute Gasteiger partial charge is 0.507 e. The van der Waals surface area contributed by atoms with Crippen LogP contribution in [0.4, 0.5) is 4.39 Å². The molecule has 0 aliphatic carbocycles. The predicted molar refractivity (Wildman–Crippen MR) is 103 cm³/mol. The predicted octanol–water partition coefficient (Wildman–Crippen LogP) is 2.41. The number of likely N-dealkylation sites (N-methyl/N-ethyl adjacent to an activating group) is 1. The number of guanidine groups is 1. The topological polar surface area (TPSA) is 105 Å². The van der Waals surface area contributed by atoms with E-state index in [0.29, 0.717) is 11.1 Å². The van der Waals surface area contributed by atoms with Crippen molar-refractivity contribution in [3.63, 3.8) is 0 Å². The second-order valence-electron chi connectivity index (χ2n) is 6.29. The number of aromatic nitrogens is 2. The van der Waals surface area contributed by atoms with Crippen molar-refractivity contribution in [2.45, 2.75) is 12.2 Å². The summed E-state index contributed by atoms with van der Waals surface area (Å²) in [5.41, 5.74) is 7.47. The molecule has 7 nitrogen and oxygen atoms in total. The molecule has 1 aliphatic rings. The Hall–Kier alpha value is -3.33. The molecule has 2 aromatic heterocycles. The number of hydrogen-bond acceptors (Lipinski definition) is 7. The number of hydrogen-bond donors (Lipinski definition) is 2. The SMILES string of the molecule is CN1C(=O)C(c2ccc(O)c(-c3cncs3)c2)(c2cccc(CF)n2)N=C1N. The Morgan fingerprint density at radius 3 is 2.79 bits per heavy atom. The Bertz CT molecular complexity index is 1090. The Morgan fingerprint density at radius 1 is 1.32 bits per heavy atom. The number of thiazole rings is 1. The summed E-state index contributed by atoms with van der Waals surface area (Å²) in [5, 5.41) is 10.3. The Balaban J connectivity index is 1.98. The van der Waals surface area contributed by atoms with Gasteiger partial charge in [0.05, 0.1) is 21.8 Å². The van der Waals surface area contributed by atoms with Crippen LogP contribution < -0.4 is 5.73 Å². The van der Waals surface area contributed by atoms with Crippen LogP contribution in [0.1, 0.15) is 17.0 Å². The van der Waals surface area contributed by atoms with Crippen LogP contribution in [0.5, 0.6) is 5.75 Å². The van der Waals surface area contributed by atoms with E-state index >= 15 is 0 Å². The van der Waals surface area contributed by atoms with Crippen molar-refractivity contribution >= 4 is 23.2 Å². The van der Waals surface area contributed by atoms with Gasteiger partial charge in [0, 0.05) is 18.8 Å². The van der Waals surface area contributed by atoms with Gasteiger partial charge in [0.2, 0.25) is 5.54 Å². The van der Waals surface area contributed by atoms with E-state index in [9.17, 15) is 14.3 Å². The molecule has 28 heavy (non-hydrogen) atoms. The molecule has 0 radical (unpaired) electrons. The van der Waals surface area contributed by atoms with E-state index in [-0.39, 0.29) is 23.1 Å². The summed E-state index contributed by atoms with van der Waals surface area (Å²) in [5.74, 6) is -0.330. The number of halogens is 1. The summed E-state index contributed by atoms with van der Waals surface area (Å²) in [7, 11) is 1.52. The van der Waals surface area contributed by atoms with Gasteiger partial charge >= 0.3 is 0 Å². The highest BCUT2D eigenvalue weighted by molar-refractivity contribution is 7.13. The molecule has 1 unspecified atom stereocenters. The fourth-order valence-electron chi connectivity index (χ4n) is 3.21. The van der Waals surface area contributed by atoms with Crippen LogP contribution in [-0.4, -0.2) is 38.9 Å². The molecule has 3 N–H and O–H groups in total. The monoisotopic (exact) mass is 397 g/mol. The summed E-state index contributed by atoms with van der Waals surface area (Å²) in [6, 6.07) is 9.53. The minimum Gasteiger partial charge on any atom is -0.507 e. The molecule has 1 atom stereocenters. The second kappa shape index (κ2) is 6.68. The van der Waals surface area contributed by atoms with Crippen molar-refractivity contribution in [3.8, 4) is 16.2 Å². The number of phenols is 1. The minimum absolute atomic E-state index is 0.0323. The van der Waals surface area contributed by atoms with Gasteiger partial charge in [0.25, 0.3) is 5.91 Å². The van der Waals surface area contributed by atoms with Crippen molar-refractivity contribution < 1.29 is 14.3 Å². The lowest BCUT2D eigenvalue weighted by Gasteiger charge is -2.26. The van der Waals surface area contributed by atoms with Crippen molar-refractivity contribution in [1.82, 2.24) is 14.9 Å². The smallest absolute Gasteiger partial charge is 0.267 e. The molecule has 142 valence electrons. The summed E-state index contributed by atoms with van der Waals surface area (Å²) in [4.78, 5) is 28.0. The molecule has 3 aromatic rings. The lowest BCUT2D eigenvalue weighted by atomic mass is 9.85. The molecule has 1 aliphatic heterocycles. The maximum Gasteiger partial charge on any atom is 0.267 e. The van der Waals surface area contributed by atoms with Crippen LogP contribution in [0, 0.1) is 0 Å². The normalized spacial score (nSPS) is 19.1. The van der Waals surface area contributed by atoms with Gasteiger partial charge in [-0.15, -0.1) is 11.3 Å². The number of benzene rings is 1. The van der Waals surface area contributed by atoms with Gasteiger partial charge < -0.3 is 10.8 Å². The molecule has 1 aromatic carbocycles. The van der Waals surface area contributed by atoms with E-state index in [1.807, 2.05) is 0 Å². The summed E-state index contributed by atoms with van der Waals surface area (Å²) in [6.07, 6.45) is 1.62. The molecule has 0 spiro atoms. The Labute approximate surface area is 164 Å². The number of aliphatic imine (C=N–C) groups is 1. The van der Waals surface area contributed by atoms with Crippen molar-refractivity contribution in [2.24, 2.45) is 10.7 Å². The molecule has 9 heteroatoms. The number of pyridine rings is 1. The molecule has 0 saturated heterocycles. The third-order valence-corrected chi connectivity index (χ3v) is 5.47. The van der Waals surface area contributed by atoms with Gasteiger partial charge in [-0.05, 0) is 29.8 Å². The number of nitrogens with two attached hydrogens (primary N) is 1. The van der Waals surface area contributed by atoms with Gasteiger partial charge in [0.15, 0.2) is 5.96 Å². The first-order chi connectivity index (χ1) is 13.5. The zero-order valence-corrected chi connectivity index (χ0v) is 15.7. The zero-order valence-electron chi connectivity index (χ0n) is 14.8. The van der Waals surface area contributed by atoms with E-state index in [4.69, 9.17) is 5.73 Å². The number of carbonyl (C=O) groups excluding carboxylic acids is 1. The fraction of sp³-hybridized carbons (Fsp3) is 0.158. The Kier molecular flexibility index (Phi) is 4.31. The number of carbonyl (C=O) groups is 1. The molecule has 0 fully saturated rings. The number of aromatic hydroxyl groups is 1. The fourth-order valence-corrected chi connectivity index (χ4v) is 3.85. The first-order valence-corrected chi connectivity index (χ1v) is 9.23. The molecule has 0 bridgehead atoms. The van der Waals surface area contributed by atoms with Crippen LogP contribution in [0.2, 0.25) is 0 Å². The highest BCUT2D eigenvalue weighted by Gasteiger charge is 2.51. The van der Waals surface area contributed by atoms with E-state index in [0.717, 1.165) is 4.88 Å². The molecular weight excluding hydrogens is 381 g/mol. The standard InChI is InChI=1S/C19H16FN5O2S/c1-25-17(27)19(24-18(25)21,16-4-2-3-12(8-20)23-16)11-5-6-14(26)13(7-11)15-9-22-10-28-15/h2-7,9-10,26H,8H2,1H3,(H2,21,24). The Morgan fingerprint density at radius 2 is 2.14 bits per heavy atom. The van der Waals surface area contributed by atoms with Gasteiger partial charge in [0.1, 0.15) is 12.4 Å². The van der Waals surface area contributed by atoms with Crippen LogP contribution in [0.25, 0.3) is 10.4 Å². The van der Waals surface area contributed by atoms with Crippen molar-refractivity contribution in [3.05, 3.63) is 65.1 Å². The molecule has 1 amide bonds. The zero-order chi connectivity index (χ0) is 19.9. The first kappa shape index (κ1) is 18.1. The third kappa shape index (κ3) is 2.63. The van der Waals surface area contributed by atoms with Crippen LogP contribution in [-0.2, 0) is 17.0 Å². The number of alkyl halides is 1. The van der Waals surface area contributed by atoms with E-state index < -0.39 is 18.1 Å². The highest BCUT2D eigenvalue weighted by atomic mass is 32.1. The second-order valence-corrected chi connectivity index (χ2v) is 7.18. The van der Waals surface area contributed by atoms with Crippen LogP contribution in [0.15, 0.2) is 53.1 Å². The van der Waals surface area contributed by atoms with Crippen molar-refractivity contribution in [2.75, 3.05) is 7.05 Å². The van der Waals surface area contributed by atoms with E-state index in [1.165, 1.54) is 35.4 Å². The summed E-state index contributed by atoms with van der Waals surface area (Å²) in [6.45, 7) is -0.769. The lowest BCUT2D eigenvalue weighted by molar-refractivity contribution is -0.129. The molecule has 4 rings (SSSR count). The summed E-state index contributed by atoms with van der Waals surface area (Å²) < 4.78 is 13.2. The maximum atomic E-state index is 13.2. The van der Waals surface area contributed by atoms with E-state index in [1.54, 1.807) is 36.0 Å². The average molecular weight is 397 g/mol. The van der Waals surface area contributed by atoms with Gasteiger partial charge in [-0.25, -0.2) is 9.38 Å². The molecule has 0 saturated carbocycles. The van der Waals surface area contributed by atoms with Gasteiger partial charge in [-0.3, -0.25) is 19.7 Å². The average Bonchev–Trinajstić information content (AvgIpc) is 3.32. The highest BCUT2D eigenvalue weighted by Crippen LogP contribution is 2.42. The number of phenolic OH excluding ortho intramolecular Hbond substituents is 1. The number of rotatable bonds is 4.